The van der Waals surface area contributed by atoms with Crippen LogP contribution in [0, 0.1) is 17.5 Å². The smallest absolute Gasteiger partial charge is 0.338 e. The van der Waals surface area contributed by atoms with Crippen LogP contribution in [0.1, 0.15) is 16.8 Å². The molecular formula is C22H15ClF3NO5S. The summed E-state index contributed by atoms with van der Waals surface area (Å²) in [5, 5.41) is 9.95. The van der Waals surface area contributed by atoms with Gasteiger partial charge < -0.3 is 14.6 Å². The Morgan fingerprint density at radius 1 is 0.970 bits per heavy atom. The molecule has 2 N–H and O–H groups in total. The first-order valence-corrected chi connectivity index (χ1v) is 11.1. The van der Waals surface area contributed by atoms with Gasteiger partial charge in [-0.15, -0.1) is 0 Å². The van der Waals surface area contributed by atoms with Crippen molar-refractivity contribution in [3.05, 3.63) is 70.5 Å². The van der Waals surface area contributed by atoms with Gasteiger partial charge in [0.05, 0.1) is 29.5 Å². The number of phenols is 1. The topological polar surface area (TPSA) is 84.9 Å². The number of hydrogen-bond acceptors (Lipinski definition) is 5. The van der Waals surface area contributed by atoms with Crippen LogP contribution in [0.5, 0.6) is 11.5 Å². The van der Waals surface area contributed by atoms with Crippen LogP contribution in [0.2, 0.25) is 5.02 Å². The summed E-state index contributed by atoms with van der Waals surface area (Å²) in [6.45, 7) is -0.0725. The highest BCUT2D eigenvalue weighted by atomic mass is 35.5. The van der Waals surface area contributed by atoms with Crippen LogP contribution in [0.15, 0.2) is 47.4 Å². The number of phenolic OH excluding ortho intramolecular Hbond substituents is 1. The van der Waals surface area contributed by atoms with Gasteiger partial charge in [0.25, 0.3) is 0 Å². The van der Waals surface area contributed by atoms with Crippen molar-refractivity contribution in [2.45, 2.75) is 11.3 Å². The molecule has 4 bridgehead atoms. The number of esters is 1. The minimum Gasteiger partial charge on any atom is -0.505 e. The van der Waals surface area contributed by atoms with E-state index in [4.69, 9.17) is 21.1 Å². The normalized spacial score (nSPS) is 16.2. The van der Waals surface area contributed by atoms with Crippen LogP contribution in [-0.2, 0) is 15.7 Å². The third-order valence-electron chi connectivity index (χ3n) is 4.74. The van der Waals surface area contributed by atoms with Gasteiger partial charge in [0.15, 0.2) is 16.7 Å². The largest absolute Gasteiger partial charge is 0.505 e. The molecule has 11 heteroatoms. The molecule has 0 fully saturated rings. The first-order chi connectivity index (χ1) is 15.7. The Balaban J connectivity index is 1.86. The Kier molecular flexibility index (Phi) is 6.48. The molecule has 0 radical (unpaired) electrons. The Labute approximate surface area is 193 Å². The number of ether oxygens (including phenoxy) is 2. The zero-order valence-electron chi connectivity index (χ0n) is 16.7. The number of hydrogen-bond donors (Lipinski definition) is 2. The van der Waals surface area contributed by atoms with Gasteiger partial charge in [-0.05, 0) is 30.3 Å². The Morgan fingerprint density at radius 2 is 1.73 bits per heavy atom. The number of anilines is 1. The maximum atomic E-state index is 14.7. The fraction of sp³-hybridized carbons (Fsp3) is 0.136. The number of benzene rings is 3. The fourth-order valence-electron chi connectivity index (χ4n) is 3.15. The summed E-state index contributed by atoms with van der Waals surface area (Å²) in [6.07, 6.45) is 0.213. The number of cyclic esters (lactones) is 1. The molecule has 3 aromatic carbocycles. The van der Waals surface area contributed by atoms with Crippen LogP contribution in [-0.4, -0.2) is 28.5 Å². The van der Waals surface area contributed by atoms with E-state index in [0.717, 1.165) is 30.3 Å². The standard InChI is InChI=1S/C22H15ClF3NO5S/c23-15-6-11-7-20(21(15)28)33(30)27-18-9-14(16(25)10-17(18)26)13-3-2-12(24)8-19(13)31-4-1-5-32-22(11)29/h2-3,6-10,27-28H,1,4-5H2. The molecule has 0 saturated carbocycles. The molecule has 1 unspecified atom stereocenters. The number of carbonyl (C=O) groups excluding carboxylic acids is 1. The number of fused-ring (bicyclic) bond motifs is 6. The number of nitrogens with one attached hydrogen (secondary N) is 1. The average molecular weight is 498 g/mol. The molecule has 0 aliphatic carbocycles. The Hall–Kier alpha value is -3.24. The van der Waals surface area contributed by atoms with Crippen molar-refractivity contribution in [3.63, 3.8) is 0 Å². The predicted octanol–water partition coefficient (Wildman–Crippen LogP) is 5.20. The molecule has 1 heterocycles. The summed E-state index contributed by atoms with van der Waals surface area (Å²) < 4.78 is 68.9. The van der Waals surface area contributed by atoms with Crippen molar-refractivity contribution >= 4 is 34.2 Å². The molecule has 3 aromatic rings. The van der Waals surface area contributed by atoms with Crippen molar-refractivity contribution in [2.75, 3.05) is 17.9 Å². The van der Waals surface area contributed by atoms with Crippen molar-refractivity contribution in [1.29, 1.82) is 0 Å². The zero-order chi connectivity index (χ0) is 23.7. The van der Waals surface area contributed by atoms with Gasteiger partial charge in [-0.1, -0.05) is 11.6 Å². The molecule has 0 amide bonds. The van der Waals surface area contributed by atoms with Gasteiger partial charge in [0.2, 0.25) is 0 Å². The number of rotatable bonds is 0. The van der Waals surface area contributed by atoms with Crippen molar-refractivity contribution in [1.82, 2.24) is 0 Å². The maximum Gasteiger partial charge on any atom is 0.338 e. The molecule has 0 spiro atoms. The van der Waals surface area contributed by atoms with Gasteiger partial charge in [-0.25, -0.2) is 22.2 Å². The first kappa shape index (κ1) is 22.9. The Morgan fingerprint density at radius 3 is 2.52 bits per heavy atom. The van der Waals surface area contributed by atoms with E-state index < -0.39 is 40.2 Å². The zero-order valence-corrected chi connectivity index (χ0v) is 18.2. The fourth-order valence-corrected chi connectivity index (χ4v) is 4.41. The number of carbonyl (C=O) groups is 1. The third kappa shape index (κ3) is 4.76. The van der Waals surface area contributed by atoms with E-state index in [2.05, 4.69) is 4.72 Å². The van der Waals surface area contributed by atoms with E-state index in [9.17, 15) is 27.3 Å². The molecule has 0 saturated heterocycles. The summed E-state index contributed by atoms with van der Waals surface area (Å²) in [5.74, 6) is -4.07. The van der Waals surface area contributed by atoms with Gasteiger partial charge in [0, 0.05) is 29.7 Å². The van der Waals surface area contributed by atoms with Crippen molar-refractivity contribution < 1.29 is 36.8 Å². The highest BCUT2D eigenvalue weighted by Crippen LogP contribution is 2.37. The third-order valence-corrected chi connectivity index (χ3v) is 6.14. The monoisotopic (exact) mass is 497 g/mol. The van der Waals surface area contributed by atoms with E-state index in [0.29, 0.717) is 6.07 Å². The van der Waals surface area contributed by atoms with Crippen LogP contribution in [0.3, 0.4) is 0 Å². The van der Waals surface area contributed by atoms with Crippen LogP contribution < -0.4 is 9.46 Å². The summed E-state index contributed by atoms with van der Waals surface area (Å²) >= 11 is 5.95. The van der Waals surface area contributed by atoms with E-state index in [1.807, 2.05) is 0 Å². The van der Waals surface area contributed by atoms with E-state index >= 15 is 0 Å². The second kappa shape index (κ2) is 9.32. The van der Waals surface area contributed by atoms with Gasteiger partial charge in [0.1, 0.15) is 28.1 Å². The highest BCUT2D eigenvalue weighted by molar-refractivity contribution is 7.86. The maximum absolute atomic E-state index is 14.7. The van der Waals surface area contributed by atoms with E-state index in [1.165, 1.54) is 6.07 Å². The van der Waals surface area contributed by atoms with Crippen molar-refractivity contribution in [3.8, 4) is 22.6 Å². The summed E-state index contributed by atoms with van der Waals surface area (Å²) in [5.41, 5.74) is -0.487. The molecule has 1 aliphatic heterocycles. The van der Waals surface area contributed by atoms with Crippen LogP contribution >= 0.6 is 11.6 Å². The van der Waals surface area contributed by atoms with E-state index in [-0.39, 0.29) is 57.7 Å². The molecule has 172 valence electrons. The van der Waals surface area contributed by atoms with Crippen molar-refractivity contribution in [2.24, 2.45) is 0 Å². The molecular weight excluding hydrogens is 483 g/mol. The lowest BCUT2D eigenvalue weighted by atomic mass is 10.0. The molecule has 0 aromatic heterocycles. The van der Waals surface area contributed by atoms with E-state index in [1.54, 1.807) is 0 Å². The quantitative estimate of drug-likeness (QED) is 0.417. The Bertz CT molecular complexity index is 1290. The molecule has 33 heavy (non-hydrogen) atoms. The van der Waals surface area contributed by atoms with Gasteiger partial charge in [-0.3, -0.25) is 4.72 Å². The number of halogens is 4. The number of aromatic hydroxyl groups is 1. The van der Waals surface area contributed by atoms with Gasteiger partial charge >= 0.3 is 5.97 Å². The minimum atomic E-state index is -2.31. The van der Waals surface area contributed by atoms with Crippen LogP contribution in [0.4, 0.5) is 18.9 Å². The lowest BCUT2D eigenvalue weighted by Gasteiger charge is -2.16. The summed E-state index contributed by atoms with van der Waals surface area (Å²) in [6, 6.07) is 7.24. The lowest BCUT2D eigenvalue weighted by molar-refractivity contribution is 0.0485. The lowest BCUT2D eigenvalue weighted by Crippen LogP contribution is -2.12. The predicted molar refractivity (Wildman–Crippen MR) is 115 cm³/mol. The molecule has 1 aliphatic rings. The molecule has 6 nitrogen and oxygen atoms in total. The average Bonchev–Trinajstić information content (AvgIpc) is 2.76. The highest BCUT2D eigenvalue weighted by Gasteiger charge is 2.22. The SMILES string of the molecule is O=C1OCCCOc2cc(F)ccc2-c2cc(c(F)cc2F)NS(=O)c2cc1cc(Cl)c2O. The second-order valence-electron chi connectivity index (χ2n) is 6.97. The molecule has 1 atom stereocenters. The van der Waals surface area contributed by atoms with Gasteiger partial charge in [-0.2, -0.15) is 0 Å². The van der Waals surface area contributed by atoms with Crippen LogP contribution in [0.25, 0.3) is 11.1 Å². The second-order valence-corrected chi connectivity index (χ2v) is 8.55. The summed E-state index contributed by atoms with van der Waals surface area (Å²) in [4.78, 5) is 12.0. The minimum absolute atomic E-state index is 0.00323. The molecule has 4 rings (SSSR count). The summed E-state index contributed by atoms with van der Waals surface area (Å²) in [7, 11) is -2.31. The first-order valence-electron chi connectivity index (χ1n) is 9.54.